The van der Waals surface area contributed by atoms with E-state index in [1.54, 1.807) is 10.7 Å². The fourth-order valence-electron chi connectivity index (χ4n) is 2.24. The zero-order chi connectivity index (χ0) is 15.1. The summed E-state index contributed by atoms with van der Waals surface area (Å²) in [6, 6.07) is 7.27. The van der Waals surface area contributed by atoms with Gasteiger partial charge in [-0.1, -0.05) is 18.2 Å². The molecule has 21 heavy (non-hydrogen) atoms. The van der Waals surface area contributed by atoms with Gasteiger partial charge in [0.05, 0.1) is 21.4 Å². The van der Waals surface area contributed by atoms with E-state index < -0.39 is 5.97 Å². The van der Waals surface area contributed by atoms with Crippen LogP contribution in [0.25, 0.3) is 16.6 Å². The maximum Gasteiger partial charge on any atom is 0.358 e. The van der Waals surface area contributed by atoms with Crippen molar-refractivity contribution in [1.82, 2.24) is 20.0 Å². The minimum absolute atomic E-state index is 0.119. The molecule has 0 aliphatic carbocycles. The average Bonchev–Trinajstić information content (AvgIpc) is 2.73. The van der Waals surface area contributed by atoms with Gasteiger partial charge >= 0.3 is 5.97 Å². The largest absolute Gasteiger partial charge is 0.476 e. The fourth-order valence-corrected chi connectivity index (χ4v) is 2.49. The fraction of sp³-hybridized carbons (Fsp3) is 0.143. The predicted octanol–water partition coefficient (Wildman–Crippen LogP) is 2.89. The lowest BCUT2D eigenvalue weighted by atomic mass is 10.1. The van der Waals surface area contributed by atoms with Crippen molar-refractivity contribution in [3.8, 4) is 5.69 Å². The van der Waals surface area contributed by atoms with Crippen LogP contribution in [-0.4, -0.2) is 31.1 Å². The van der Waals surface area contributed by atoms with E-state index in [2.05, 4.69) is 31.2 Å². The highest BCUT2D eigenvalue weighted by Crippen LogP contribution is 2.28. The number of fused-ring (bicyclic) bond motifs is 1. The Morgan fingerprint density at radius 1 is 1.24 bits per heavy atom. The molecule has 0 atom stereocenters. The molecule has 2 aromatic heterocycles. The molecule has 2 heterocycles. The molecule has 1 N–H and O–H groups in total. The third-order valence-corrected chi connectivity index (χ3v) is 4.41. The summed E-state index contributed by atoms with van der Waals surface area (Å²) >= 11 is 3.46. The molecule has 0 amide bonds. The number of hydrogen-bond donors (Lipinski definition) is 1. The predicted molar refractivity (Wildman–Crippen MR) is 80.8 cm³/mol. The van der Waals surface area contributed by atoms with E-state index in [0.717, 1.165) is 15.9 Å². The summed E-state index contributed by atoms with van der Waals surface area (Å²) in [7, 11) is 0. The van der Waals surface area contributed by atoms with E-state index in [1.807, 2.05) is 32.0 Å². The molecule has 0 radical (unpaired) electrons. The van der Waals surface area contributed by atoms with Gasteiger partial charge in [-0.05, 0) is 35.8 Å². The molecule has 106 valence electrons. The van der Waals surface area contributed by atoms with Crippen molar-refractivity contribution in [2.75, 3.05) is 0 Å². The van der Waals surface area contributed by atoms with E-state index >= 15 is 0 Å². The first-order valence-electron chi connectivity index (χ1n) is 6.21. The van der Waals surface area contributed by atoms with Gasteiger partial charge in [0.15, 0.2) is 5.69 Å². The van der Waals surface area contributed by atoms with Crippen molar-refractivity contribution in [3.05, 3.63) is 45.8 Å². The Hall–Kier alpha value is -2.28. The molecule has 6 nitrogen and oxygen atoms in total. The number of rotatable bonds is 2. The number of aromatic carboxylic acids is 1. The minimum atomic E-state index is -1.13. The Morgan fingerprint density at radius 3 is 2.57 bits per heavy atom. The van der Waals surface area contributed by atoms with Crippen LogP contribution in [0.4, 0.5) is 0 Å². The van der Waals surface area contributed by atoms with Crippen molar-refractivity contribution in [1.29, 1.82) is 0 Å². The van der Waals surface area contributed by atoms with Gasteiger partial charge in [-0.3, -0.25) is 0 Å². The maximum absolute atomic E-state index is 11.5. The van der Waals surface area contributed by atoms with Crippen LogP contribution >= 0.6 is 15.9 Å². The number of hydrogen-bond acceptors (Lipinski definition) is 4. The molecule has 0 bridgehead atoms. The summed E-state index contributed by atoms with van der Waals surface area (Å²) in [5.41, 5.74) is 2.53. The van der Waals surface area contributed by atoms with Gasteiger partial charge in [-0.25, -0.2) is 9.48 Å². The molecule has 1 aromatic carbocycles. The Kier molecular flexibility index (Phi) is 3.21. The lowest BCUT2D eigenvalue weighted by molar-refractivity contribution is 0.0689. The first-order valence-corrected chi connectivity index (χ1v) is 7.01. The number of carboxylic acids is 1. The van der Waals surface area contributed by atoms with Crippen molar-refractivity contribution in [2.24, 2.45) is 0 Å². The molecule has 0 fully saturated rings. The Labute approximate surface area is 128 Å². The molecular weight excluding hydrogens is 336 g/mol. The van der Waals surface area contributed by atoms with Gasteiger partial charge in [-0.2, -0.15) is 5.10 Å². The van der Waals surface area contributed by atoms with Crippen LogP contribution < -0.4 is 0 Å². The first-order chi connectivity index (χ1) is 10.0. The van der Waals surface area contributed by atoms with Crippen molar-refractivity contribution in [3.63, 3.8) is 0 Å². The number of halogens is 1. The average molecular weight is 347 g/mol. The summed E-state index contributed by atoms with van der Waals surface area (Å²) in [5, 5.41) is 22.3. The summed E-state index contributed by atoms with van der Waals surface area (Å²) in [4.78, 5) is 11.5. The summed E-state index contributed by atoms with van der Waals surface area (Å²) in [6.45, 7) is 3.72. The van der Waals surface area contributed by atoms with Crippen LogP contribution in [0, 0.1) is 13.8 Å². The smallest absolute Gasteiger partial charge is 0.358 e. The second-order valence-electron chi connectivity index (χ2n) is 4.62. The summed E-state index contributed by atoms with van der Waals surface area (Å²) < 4.78 is 2.44. The van der Waals surface area contributed by atoms with Gasteiger partial charge in [0.1, 0.15) is 5.69 Å². The van der Waals surface area contributed by atoms with Crippen LogP contribution in [0.3, 0.4) is 0 Å². The third kappa shape index (κ3) is 2.09. The first kappa shape index (κ1) is 13.7. The monoisotopic (exact) mass is 346 g/mol. The second kappa shape index (κ2) is 4.92. The zero-order valence-corrected chi connectivity index (χ0v) is 12.9. The molecule has 0 unspecified atom stereocenters. The molecular formula is C14H11BrN4O2. The quantitative estimate of drug-likeness (QED) is 0.771. The molecule has 0 aliphatic rings. The van der Waals surface area contributed by atoms with Crippen LogP contribution in [0.2, 0.25) is 0 Å². The number of nitrogens with zero attached hydrogens (tertiary/aromatic N) is 4. The Bertz CT molecular complexity index is 873. The van der Waals surface area contributed by atoms with Crippen molar-refractivity contribution < 1.29 is 9.90 Å². The Balaban J connectivity index is 2.46. The third-order valence-electron chi connectivity index (χ3n) is 3.26. The lowest BCUT2D eigenvalue weighted by Crippen LogP contribution is -2.12. The molecule has 0 saturated carbocycles. The van der Waals surface area contributed by atoms with Crippen LogP contribution in [-0.2, 0) is 0 Å². The maximum atomic E-state index is 11.5. The summed E-state index contributed by atoms with van der Waals surface area (Å²) in [6.07, 6.45) is 0. The topological polar surface area (TPSA) is 80.9 Å². The lowest BCUT2D eigenvalue weighted by Gasteiger charge is -2.10. The zero-order valence-electron chi connectivity index (χ0n) is 11.3. The molecule has 3 rings (SSSR count). The van der Waals surface area contributed by atoms with Gasteiger partial charge in [0.2, 0.25) is 0 Å². The van der Waals surface area contributed by atoms with E-state index in [0.29, 0.717) is 16.6 Å². The van der Waals surface area contributed by atoms with Gasteiger partial charge < -0.3 is 5.11 Å². The number of carbonyl (C=O) groups is 1. The second-order valence-corrected chi connectivity index (χ2v) is 5.41. The van der Waals surface area contributed by atoms with Crippen LogP contribution in [0.1, 0.15) is 21.9 Å². The molecule has 0 spiro atoms. The van der Waals surface area contributed by atoms with Gasteiger partial charge in [0.25, 0.3) is 0 Å². The number of benzene rings is 1. The van der Waals surface area contributed by atoms with Gasteiger partial charge in [-0.15, -0.1) is 10.2 Å². The highest BCUT2D eigenvalue weighted by Gasteiger charge is 2.21. The van der Waals surface area contributed by atoms with E-state index in [4.69, 9.17) is 0 Å². The van der Waals surface area contributed by atoms with Gasteiger partial charge in [0, 0.05) is 5.39 Å². The normalized spacial score (nSPS) is 11.0. The molecule has 0 aliphatic heterocycles. The van der Waals surface area contributed by atoms with E-state index in [9.17, 15) is 9.90 Å². The standard InChI is InChI=1S/C14H11BrN4O2/c1-7-11(15)8(2)19(18-7)13-9-5-3-4-6-10(9)16-17-12(13)14(20)21/h3-6H,1-2H3,(H,20,21). The van der Waals surface area contributed by atoms with Crippen molar-refractivity contribution in [2.45, 2.75) is 13.8 Å². The Morgan fingerprint density at radius 2 is 1.95 bits per heavy atom. The summed E-state index contributed by atoms with van der Waals surface area (Å²) in [5.74, 6) is -1.13. The molecule has 7 heteroatoms. The number of carboxylic acid groups (broad SMARTS) is 1. The van der Waals surface area contributed by atoms with E-state index in [-0.39, 0.29) is 5.69 Å². The highest BCUT2D eigenvalue weighted by atomic mass is 79.9. The van der Waals surface area contributed by atoms with Crippen LogP contribution in [0.15, 0.2) is 28.7 Å². The SMILES string of the molecule is Cc1nn(-c2c(C(=O)O)nnc3ccccc23)c(C)c1Br. The number of aromatic nitrogens is 4. The van der Waals surface area contributed by atoms with Crippen LogP contribution in [0.5, 0.6) is 0 Å². The van der Waals surface area contributed by atoms with E-state index in [1.165, 1.54) is 0 Å². The van der Waals surface area contributed by atoms with Crippen molar-refractivity contribution >= 4 is 32.8 Å². The molecule has 3 aromatic rings. The molecule has 0 saturated heterocycles. The minimum Gasteiger partial charge on any atom is -0.476 e. The highest BCUT2D eigenvalue weighted by molar-refractivity contribution is 9.10. The number of aryl methyl sites for hydroxylation is 1.